The van der Waals surface area contributed by atoms with Gasteiger partial charge in [-0.1, -0.05) is 65.8 Å². The fourth-order valence-electron chi connectivity index (χ4n) is 9.52. The standard InChI is InChI=1S/C47H55NO8/c1-26(2)14-13-21-45(9)22-20-32-38(50)36-39(51)34-24-31-25-35-44(7,8)56-46(42(31)52,47(34,35)55-41(36)33(40(32)54-45)18-17-27(3)4)23-19-28(5)43(53)48-29(6)37(49)30-15-11-10-12-16-30/h10-12,14-17,19-20,22,24,29,31,35,37,49-50H,13,18,21,23,25H2,1-9H3,(H,48,53). The van der Waals surface area contributed by atoms with Gasteiger partial charge < -0.3 is 29.7 Å². The molecule has 1 saturated heterocycles. The van der Waals surface area contributed by atoms with Gasteiger partial charge in [0.2, 0.25) is 5.91 Å². The topological polar surface area (TPSA) is 131 Å². The van der Waals surface area contributed by atoms with E-state index in [-0.39, 0.29) is 29.3 Å². The number of aromatic hydroxyl groups is 1. The quantitative estimate of drug-likeness (QED) is 0.154. The number of ketones is 2. The van der Waals surface area contributed by atoms with Gasteiger partial charge >= 0.3 is 0 Å². The van der Waals surface area contributed by atoms with Crippen LogP contribution in [-0.2, 0) is 20.7 Å². The van der Waals surface area contributed by atoms with Crippen LogP contribution >= 0.6 is 0 Å². The number of rotatable bonds is 11. The van der Waals surface area contributed by atoms with Gasteiger partial charge in [-0.25, -0.2) is 0 Å². The third kappa shape index (κ3) is 6.18. The minimum Gasteiger partial charge on any atom is -0.506 e. The second-order valence-corrected chi connectivity index (χ2v) is 17.6. The van der Waals surface area contributed by atoms with Crippen molar-refractivity contribution in [3.8, 4) is 17.2 Å². The number of ether oxygens (including phenoxy) is 3. The number of fused-ring (bicyclic) bond motifs is 2. The Morgan fingerprint density at radius 2 is 1.68 bits per heavy atom. The van der Waals surface area contributed by atoms with Crippen LogP contribution in [0.4, 0.5) is 0 Å². The predicted octanol–water partition coefficient (Wildman–Crippen LogP) is 8.39. The van der Waals surface area contributed by atoms with E-state index in [4.69, 9.17) is 14.2 Å². The average molecular weight is 762 g/mol. The van der Waals surface area contributed by atoms with E-state index in [2.05, 4.69) is 25.2 Å². The first-order chi connectivity index (χ1) is 26.4. The van der Waals surface area contributed by atoms with Gasteiger partial charge in [-0.2, -0.15) is 0 Å². The molecule has 1 spiro atoms. The number of hydrogen-bond acceptors (Lipinski definition) is 8. The summed E-state index contributed by atoms with van der Waals surface area (Å²) in [5.74, 6) is -1.56. The van der Waals surface area contributed by atoms with Crippen molar-refractivity contribution in [2.24, 2.45) is 11.8 Å². The molecule has 2 aromatic rings. The molecule has 0 aromatic heterocycles. The number of phenolic OH excluding ortho intramolecular Hbond substituents is 1. The van der Waals surface area contributed by atoms with Crippen LogP contribution in [0.2, 0.25) is 0 Å². The third-order valence-corrected chi connectivity index (χ3v) is 12.5. The van der Waals surface area contributed by atoms with E-state index in [1.165, 1.54) is 5.57 Å². The van der Waals surface area contributed by atoms with Crippen LogP contribution in [0.1, 0.15) is 121 Å². The number of aliphatic hydroxyl groups excluding tert-OH is 1. The first-order valence-electron chi connectivity index (χ1n) is 19.8. The van der Waals surface area contributed by atoms with Crippen molar-refractivity contribution in [3.63, 3.8) is 0 Å². The van der Waals surface area contributed by atoms with Gasteiger partial charge in [0, 0.05) is 35.0 Å². The summed E-state index contributed by atoms with van der Waals surface area (Å²) in [6.07, 6.45) is 12.7. The molecule has 7 unspecified atom stereocenters. The van der Waals surface area contributed by atoms with Crippen LogP contribution in [0, 0.1) is 11.8 Å². The normalized spacial score (nSPS) is 28.8. The van der Waals surface area contributed by atoms with Gasteiger partial charge in [-0.3, -0.25) is 14.4 Å². The molecule has 4 bridgehead atoms. The maximum absolute atomic E-state index is 15.0. The number of aliphatic hydroxyl groups is 1. The number of carbonyl (C=O) groups excluding carboxylic acids is 3. The molecule has 56 heavy (non-hydrogen) atoms. The Morgan fingerprint density at radius 3 is 2.36 bits per heavy atom. The molecule has 7 atom stereocenters. The SMILES string of the molecule is CC(C)=CCCC1(C)C=Cc2c(O)c3c(c(CC=C(C)C)c2O1)OC12C(=CC4CC1C(C)(C)OC2(CC=C(C)C(=O)NC(C)C(O)c1ccccc1)C4=O)C3=O. The largest absolute Gasteiger partial charge is 0.506 e. The van der Waals surface area contributed by atoms with Crippen molar-refractivity contribution in [2.45, 2.75) is 129 Å². The number of carbonyl (C=O) groups is 3. The molecule has 0 radical (unpaired) electrons. The van der Waals surface area contributed by atoms with Crippen LogP contribution in [-0.4, -0.2) is 56.1 Å². The fraction of sp³-hybridized carbons (Fsp3) is 0.468. The predicted molar refractivity (Wildman–Crippen MR) is 216 cm³/mol. The number of benzene rings is 2. The Balaban J connectivity index is 1.32. The highest BCUT2D eigenvalue weighted by Crippen LogP contribution is 2.68. The smallest absolute Gasteiger partial charge is 0.246 e. The van der Waals surface area contributed by atoms with Crippen molar-refractivity contribution >= 4 is 23.5 Å². The highest BCUT2D eigenvalue weighted by molar-refractivity contribution is 6.19. The van der Waals surface area contributed by atoms with Gasteiger partial charge in [0.15, 0.2) is 22.8 Å². The molecule has 1 amide bonds. The zero-order valence-electron chi connectivity index (χ0n) is 34.0. The lowest BCUT2D eigenvalue weighted by Gasteiger charge is -2.56. The van der Waals surface area contributed by atoms with Gasteiger partial charge in [0.25, 0.3) is 0 Å². The number of allylic oxidation sites excluding steroid dienone is 5. The summed E-state index contributed by atoms with van der Waals surface area (Å²) in [5.41, 5.74) is -0.0569. The number of phenols is 1. The second-order valence-electron chi connectivity index (χ2n) is 17.6. The summed E-state index contributed by atoms with van der Waals surface area (Å²) >= 11 is 0. The monoisotopic (exact) mass is 761 g/mol. The van der Waals surface area contributed by atoms with E-state index >= 15 is 4.79 Å². The van der Waals surface area contributed by atoms with Gasteiger partial charge in [-0.15, -0.1) is 0 Å². The van der Waals surface area contributed by atoms with Gasteiger partial charge in [0.05, 0.1) is 23.3 Å². The number of hydrogen-bond donors (Lipinski definition) is 3. The third-order valence-electron chi connectivity index (χ3n) is 12.5. The molecular weight excluding hydrogens is 707 g/mol. The van der Waals surface area contributed by atoms with E-state index < -0.39 is 58.1 Å². The number of amides is 1. The summed E-state index contributed by atoms with van der Waals surface area (Å²) in [6, 6.07) is 8.52. The lowest BCUT2D eigenvalue weighted by atomic mass is 9.51. The Hall–Kier alpha value is -4.73. The van der Waals surface area contributed by atoms with E-state index in [0.717, 1.165) is 12.0 Å². The Labute approximate surface area is 330 Å². The van der Waals surface area contributed by atoms with Crippen LogP contribution in [0.15, 0.2) is 83.0 Å². The zero-order valence-corrected chi connectivity index (χ0v) is 34.0. The molecule has 9 heteroatoms. The number of Topliss-reactive ketones (excluding diaryl/α,β-unsaturated/α-hetero) is 2. The minimum atomic E-state index is -1.64. The first kappa shape index (κ1) is 39.5. The molecule has 3 aliphatic heterocycles. The molecule has 1 saturated carbocycles. The Bertz CT molecular complexity index is 2150. The van der Waals surface area contributed by atoms with Crippen molar-refractivity contribution in [2.75, 3.05) is 0 Å². The molecule has 2 fully saturated rings. The molecule has 9 nitrogen and oxygen atoms in total. The van der Waals surface area contributed by atoms with Crippen LogP contribution < -0.4 is 14.8 Å². The summed E-state index contributed by atoms with van der Waals surface area (Å²) in [6.45, 7) is 17.4. The summed E-state index contributed by atoms with van der Waals surface area (Å²) in [4.78, 5) is 43.3. The Morgan fingerprint density at radius 1 is 0.982 bits per heavy atom. The lowest BCUT2D eigenvalue weighted by Crippen LogP contribution is -2.72. The van der Waals surface area contributed by atoms with E-state index in [9.17, 15) is 19.8 Å². The maximum atomic E-state index is 15.0. The molecule has 3 N–H and O–H groups in total. The molecule has 3 heterocycles. The van der Waals surface area contributed by atoms with Gasteiger partial charge in [0.1, 0.15) is 28.4 Å². The van der Waals surface area contributed by atoms with Crippen LogP contribution in [0.25, 0.3) is 6.08 Å². The summed E-state index contributed by atoms with van der Waals surface area (Å²) in [5, 5.41) is 25.8. The summed E-state index contributed by atoms with van der Waals surface area (Å²) < 4.78 is 21.0. The van der Waals surface area contributed by atoms with E-state index in [1.807, 2.05) is 71.0 Å². The van der Waals surface area contributed by atoms with E-state index in [0.29, 0.717) is 52.8 Å². The average Bonchev–Trinajstić information content (AvgIpc) is 3.30. The summed E-state index contributed by atoms with van der Waals surface area (Å²) in [7, 11) is 0. The lowest BCUT2D eigenvalue weighted by molar-refractivity contribution is -0.171. The van der Waals surface area contributed by atoms with Crippen LogP contribution in [0.3, 0.4) is 0 Å². The first-order valence-corrected chi connectivity index (χ1v) is 19.8. The van der Waals surface area contributed by atoms with Gasteiger partial charge in [-0.05, 0) is 106 Å². The van der Waals surface area contributed by atoms with Crippen molar-refractivity contribution in [3.05, 3.63) is 105 Å². The van der Waals surface area contributed by atoms with Crippen molar-refractivity contribution in [1.82, 2.24) is 5.32 Å². The molecule has 2 aromatic carbocycles. The van der Waals surface area contributed by atoms with Crippen LogP contribution in [0.5, 0.6) is 17.2 Å². The fourth-order valence-corrected chi connectivity index (χ4v) is 9.52. The molecule has 296 valence electrons. The minimum absolute atomic E-state index is 0.0288. The molecule has 6 aliphatic rings. The maximum Gasteiger partial charge on any atom is 0.246 e. The second kappa shape index (κ2) is 14.0. The highest BCUT2D eigenvalue weighted by atomic mass is 16.6. The molecule has 8 rings (SSSR count). The highest BCUT2D eigenvalue weighted by Gasteiger charge is 2.81. The van der Waals surface area contributed by atoms with Crippen molar-refractivity contribution < 1.29 is 38.8 Å². The Kier molecular flexibility index (Phi) is 9.90. The molecule has 3 aliphatic carbocycles. The number of nitrogens with one attached hydrogen (secondary N) is 1. The van der Waals surface area contributed by atoms with E-state index in [1.54, 1.807) is 38.1 Å². The zero-order chi connectivity index (χ0) is 40.5. The van der Waals surface area contributed by atoms with Crippen molar-refractivity contribution in [1.29, 1.82) is 0 Å². The molecular formula is C47H55NO8.